The van der Waals surface area contributed by atoms with E-state index in [9.17, 15) is 9.59 Å². The van der Waals surface area contributed by atoms with Gasteiger partial charge in [-0.15, -0.1) is 0 Å². The third kappa shape index (κ3) is 4.44. The molecule has 31 heavy (non-hydrogen) atoms. The summed E-state index contributed by atoms with van der Waals surface area (Å²) in [6.45, 7) is 2.34. The summed E-state index contributed by atoms with van der Waals surface area (Å²) < 4.78 is 1.79. The number of carbonyl (C=O) groups is 2. The summed E-state index contributed by atoms with van der Waals surface area (Å²) >= 11 is 6.10. The zero-order chi connectivity index (χ0) is 22.0. The Bertz CT molecular complexity index is 1260. The lowest BCUT2D eigenvalue weighted by molar-refractivity contribution is 0.0696. The molecule has 0 aliphatic heterocycles. The van der Waals surface area contributed by atoms with Crippen molar-refractivity contribution in [1.29, 1.82) is 0 Å². The third-order valence-electron chi connectivity index (χ3n) is 5.13. The number of amides is 1. The first-order chi connectivity index (χ1) is 14.9. The number of benzene rings is 3. The normalized spacial score (nSPS) is 11.9. The average Bonchev–Trinajstić information content (AvgIpc) is 3.16. The number of rotatable bonds is 6. The van der Waals surface area contributed by atoms with E-state index >= 15 is 0 Å². The molecule has 4 rings (SSSR count). The second-order valence-corrected chi connectivity index (χ2v) is 7.73. The number of halogens is 1. The fraction of sp³-hybridized carbons (Fsp3) is 0.125. The van der Waals surface area contributed by atoms with Gasteiger partial charge in [-0.3, -0.25) is 9.48 Å². The van der Waals surface area contributed by atoms with E-state index in [1.165, 1.54) is 12.1 Å². The van der Waals surface area contributed by atoms with E-state index in [2.05, 4.69) is 10.4 Å². The molecule has 1 amide bonds. The van der Waals surface area contributed by atoms with Gasteiger partial charge in [0.15, 0.2) is 0 Å². The summed E-state index contributed by atoms with van der Waals surface area (Å²) in [6.07, 6.45) is 1.74. The lowest BCUT2D eigenvalue weighted by Gasteiger charge is -2.16. The van der Waals surface area contributed by atoms with E-state index in [0.29, 0.717) is 17.1 Å². The minimum atomic E-state index is -0.983. The van der Waals surface area contributed by atoms with Crippen LogP contribution in [-0.4, -0.2) is 26.8 Å². The Kier molecular flexibility index (Phi) is 5.73. The number of nitrogens with zero attached hydrogens (tertiary/aromatic N) is 2. The van der Waals surface area contributed by atoms with Crippen molar-refractivity contribution >= 4 is 34.4 Å². The number of nitrogens with one attached hydrogen (secondary N) is 1. The number of para-hydroxylation sites is 1. The maximum atomic E-state index is 13.1. The van der Waals surface area contributed by atoms with Crippen molar-refractivity contribution in [3.63, 3.8) is 0 Å². The number of aromatic carboxylic acids is 1. The molecule has 0 bridgehead atoms. The molecule has 1 heterocycles. The van der Waals surface area contributed by atoms with E-state index in [1.807, 2.05) is 43.3 Å². The minimum absolute atomic E-state index is 0.206. The Hall–Kier alpha value is -3.64. The molecule has 156 valence electrons. The van der Waals surface area contributed by atoms with E-state index in [1.54, 1.807) is 29.1 Å². The zero-order valence-electron chi connectivity index (χ0n) is 16.7. The van der Waals surface area contributed by atoms with Crippen molar-refractivity contribution in [2.75, 3.05) is 0 Å². The first-order valence-corrected chi connectivity index (χ1v) is 10.1. The molecular formula is C24H20ClN3O3. The fourth-order valence-electron chi connectivity index (χ4n) is 3.53. The largest absolute Gasteiger partial charge is 0.478 e. The van der Waals surface area contributed by atoms with E-state index in [4.69, 9.17) is 16.7 Å². The summed E-state index contributed by atoms with van der Waals surface area (Å²) in [5, 5.41) is 18.0. The molecular weight excluding hydrogens is 414 g/mol. The molecule has 7 heteroatoms. The number of fused-ring (bicyclic) bond motifs is 1. The molecule has 0 aliphatic rings. The lowest BCUT2D eigenvalue weighted by Crippen LogP contribution is -2.27. The summed E-state index contributed by atoms with van der Waals surface area (Å²) in [4.78, 5) is 24.1. The van der Waals surface area contributed by atoms with Crippen LogP contribution in [0, 0.1) is 0 Å². The monoisotopic (exact) mass is 433 g/mol. The number of hydrogen-bond donors (Lipinski definition) is 2. The van der Waals surface area contributed by atoms with Crippen LogP contribution >= 0.6 is 11.6 Å². The van der Waals surface area contributed by atoms with Crippen molar-refractivity contribution < 1.29 is 14.7 Å². The second-order valence-electron chi connectivity index (χ2n) is 7.30. The number of carboxylic acid groups (broad SMARTS) is 1. The van der Waals surface area contributed by atoms with Gasteiger partial charge in [-0.25, -0.2) is 4.79 Å². The van der Waals surface area contributed by atoms with Crippen LogP contribution < -0.4 is 5.32 Å². The molecule has 1 aromatic heterocycles. The van der Waals surface area contributed by atoms with Crippen LogP contribution in [0.1, 0.15) is 44.8 Å². The predicted molar refractivity (Wildman–Crippen MR) is 120 cm³/mol. The van der Waals surface area contributed by atoms with E-state index < -0.39 is 5.97 Å². The first-order valence-electron chi connectivity index (χ1n) is 9.75. The third-order valence-corrected chi connectivity index (χ3v) is 5.37. The second kappa shape index (κ2) is 8.62. The van der Waals surface area contributed by atoms with Gasteiger partial charge < -0.3 is 10.4 Å². The Labute approximate surface area is 184 Å². The topological polar surface area (TPSA) is 84.2 Å². The SMILES string of the molecule is C[C@H](NC(=O)c1cccc2cnn(Cc3cccc(Cl)c3)c12)c1ccc(C(=O)O)cc1. The molecule has 0 unspecified atom stereocenters. The van der Waals surface area contributed by atoms with Gasteiger partial charge in [0.1, 0.15) is 0 Å². The molecule has 0 fully saturated rings. The van der Waals surface area contributed by atoms with Crippen LogP contribution in [0.3, 0.4) is 0 Å². The van der Waals surface area contributed by atoms with Crippen LogP contribution in [0.5, 0.6) is 0 Å². The molecule has 0 saturated carbocycles. The van der Waals surface area contributed by atoms with Crippen LogP contribution in [0.15, 0.2) is 72.9 Å². The van der Waals surface area contributed by atoms with Crippen molar-refractivity contribution in [3.8, 4) is 0 Å². The number of carboxylic acids is 1. The highest BCUT2D eigenvalue weighted by Gasteiger charge is 2.17. The molecule has 3 aromatic carbocycles. The highest BCUT2D eigenvalue weighted by Crippen LogP contribution is 2.22. The molecule has 0 saturated heterocycles. The fourth-order valence-corrected chi connectivity index (χ4v) is 3.74. The molecule has 0 aliphatic carbocycles. The number of hydrogen-bond acceptors (Lipinski definition) is 3. The molecule has 0 radical (unpaired) electrons. The van der Waals surface area contributed by atoms with Gasteiger partial charge in [0, 0.05) is 10.4 Å². The van der Waals surface area contributed by atoms with Gasteiger partial charge in [0.25, 0.3) is 5.91 Å². The Morgan fingerprint density at radius 3 is 2.55 bits per heavy atom. The minimum Gasteiger partial charge on any atom is -0.478 e. The summed E-state index contributed by atoms with van der Waals surface area (Å²) in [7, 11) is 0. The highest BCUT2D eigenvalue weighted by molar-refractivity contribution is 6.30. The van der Waals surface area contributed by atoms with Gasteiger partial charge in [-0.05, 0) is 48.4 Å². The lowest BCUT2D eigenvalue weighted by atomic mass is 10.0. The molecule has 6 nitrogen and oxygen atoms in total. The quantitative estimate of drug-likeness (QED) is 0.451. The standard InChI is InChI=1S/C24H20ClN3O3/c1-15(17-8-10-18(11-9-17)24(30)31)27-23(29)21-7-3-5-19-13-26-28(22(19)21)14-16-4-2-6-20(25)12-16/h2-13,15H,14H2,1H3,(H,27,29)(H,30,31)/t15-/m0/s1. The van der Waals surface area contributed by atoms with Gasteiger partial charge in [0.05, 0.1) is 35.4 Å². The zero-order valence-corrected chi connectivity index (χ0v) is 17.5. The molecule has 0 spiro atoms. The van der Waals surface area contributed by atoms with Crippen molar-refractivity contribution in [3.05, 3.63) is 100 Å². The van der Waals surface area contributed by atoms with Crippen LogP contribution in [0.25, 0.3) is 10.9 Å². The summed E-state index contributed by atoms with van der Waals surface area (Å²) in [5.41, 5.74) is 3.27. The van der Waals surface area contributed by atoms with Crippen molar-refractivity contribution in [1.82, 2.24) is 15.1 Å². The smallest absolute Gasteiger partial charge is 0.335 e. The maximum absolute atomic E-state index is 13.1. The first kappa shape index (κ1) is 20.6. The summed E-state index contributed by atoms with van der Waals surface area (Å²) in [6, 6.07) is 19.2. The van der Waals surface area contributed by atoms with Crippen LogP contribution in [-0.2, 0) is 6.54 Å². The summed E-state index contributed by atoms with van der Waals surface area (Å²) in [5.74, 6) is -1.21. The Balaban J connectivity index is 1.60. The molecule has 1 atom stereocenters. The average molecular weight is 434 g/mol. The van der Waals surface area contributed by atoms with Gasteiger partial charge in [-0.2, -0.15) is 5.10 Å². The van der Waals surface area contributed by atoms with Crippen molar-refractivity contribution in [2.24, 2.45) is 0 Å². The van der Waals surface area contributed by atoms with Crippen LogP contribution in [0.2, 0.25) is 5.02 Å². The maximum Gasteiger partial charge on any atom is 0.335 e. The highest BCUT2D eigenvalue weighted by atomic mass is 35.5. The van der Waals surface area contributed by atoms with E-state index in [0.717, 1.165) is 22.0 Å². The van der Waals surface area contributed by atoms with Gasteiger partial charge in [-0.1, -0.05) is 48.0 Å². The van der Waals surface area contributed by atoms with Crippen molar-refractivity contribution in [2.45, 2.75) is 19.5 Å². The number of carbonyl (C=O) groups excluding carboxylic acids is 1. The number of aromatic nitrogens is 2. The predicted octanol–water partition coefficient (Wildman–Crippen LogP) is 4.93. The van der Waals surface area contributed by atoms with Gasteiger partial charge >= 0.3 is 5.97 Å². The molecule has 2 N–H and O–H groups in total. The van der Waals surface area contributed by atoms with Gasteiger partial charge in [0.2, 0.25) is 0 Å². The Morgan fingerprint density at radius 1 is 1.10 bits per heavy atom. The van der Waals surface area contributed by atoms with E-state index in [-0.39, 0.29) is 17.5 Å². The molecule has 4 aromatic rings. The van der Waals surface area contributed by atoms with Crippen LogP contribution in [0.4, 0.5) is 0 Å². The Morgan fingerprint density at radius 2 is 1.84 bits per heavy atom.